The molecule has 0 saturated carbocycles. The Kier molecular flexibility index (Phi) is 5.31. The summed E-state index contributed by atoms with van der Waals surface area (Å²) in [6.45, 7) is 2.04. The summed E-state index contributed by atoms with van der Waals surface area (Å²) < 4.78 is 0. The molecule has 1 amide bonds. The summed E-state index contributed by atoms with van der Waals surface area (Å²) in [5.74, 6) is 0.920. The Morgan fingerprint density at radius 3 is 2.88 bits per heavy atom. The monoisotopic (exact) mass is 258 g/mol. The van der Waals surface area contributed by atoms with Gasteiger partial charge in [0.05, 0.1) is 0 Å². The van der Waals surface area contributed by atoms with Gasteiger partial charge in [0.25, 0.3) is 0 Å². The molecule has 0 aliphatic carbocycles. The number of carbonyl (C=O) groups excluding carboxylic acids is 1. The number of rotatable bonds is 5. The molecule has 0 radical (unpaired) electrons. The fourth-order valence-electron chi connectivity index (χ4n) is 1.38. The Labute approximate surface area is 105 Å². The van der Waals surface area contributed by atoms with Gasteiger partial charge in [0, 0.05) is 23.7 Å². The van der Waals surface area contributed by atoms with E-state index in [9.17, 15) is 4.79 Å². The van der Waals surface area contributed by atoms with Crippen molar-refractivity contribution >= 4 is 29.0 Å². The van der Waals surface area contributed by atoms with Crippen molar-refractivity contribution in [3.05, 3.63) is 22.4 Å². The standard InChI is InChI=1S/C11H18N2OS2/c1-8(7-15-3)13(2)11(14)10(12)9-5-4-6-16-9/h4-6,8,10H,7,12H2,1-3H3. The van der Waals surface area contributed by atoms with Crippen LogP contribution in [0.5, 0.6) is 0 Å². The van der Waals surface area contributed by atoms with Gasteiger partial charge >= 0.3 is 0 Å². The second-order valence-electron chi connectivity index (χ2n) is 3.75. The number of likely N-dealkylation sites (N-methyl/N-ethyl adjacent to an activating group) is 1. The van der Waals surface area contributed by atoms with Crippen LogP contribution in [-0.2, 0) is 4.79 Å². The molecule has 0 fully saturated rings. The number of thioether (sulfide) groups is 1. The Hall–Kier alpha value is -0.520. The van der Waals surface area contributed by atoms with E-state index >= 15 is 0 Å². The Morgan fingerprint density at radius 1 is 1.69 bits per heavy atom. The smallest absolute Gasteiger partial charge is 0.244 e. The van der Waals surface area contributed by atoms with E-state index < -0.39 is 6.04 Å². The van der Waals surface area contributed by atoms with Gasteiger partial charge in [0.1, 0.15) is 6.04 Å². The second-order valence-corrected chi connectivity index (χ2v) is 5.64. The quantitative estimate of drug-likeness (QED) is 0.878. The van der Waals surface area contributed by atoms with Gasteiger partial charge in [0.15, 0.2) is 0 Å². The first kappa shape index (κ1) is 13.5. The molecule has 1 rings (SSSR count). The molecular weight excluding hydrogens is 240 g/mol. The number of hydrogen-bond acceptors (Lipinski definition) is 4. The molecule has 0 aliphatic heterocycles. The van der Waals surface area contributed by atoms with Crippen LogP contribution in [0.1, 0.15) is 17.8 Å². The maximum Gasteiger partial charge on any atom is 0.244 e. The van der Waals surface area contributed by atoms with E-state index in [-0.39, 0.29) is 11.9 Å². The lowest BCUT2D eigenvalue weighted by Crippen LogP contribution is -2.41. The van der Waals surface area contributed by atoms with Gasteiger partial charge < -0.3 is 10.6 Å². The van der Waals surface area contributed by atoms with Crippen LogP contribution in [0.3, 0.4) is 0 Å². The zero-order valence-electron chi connectivity index (χ0n) is 9.84. The zero-order valence-corrected chi connectivity index (χ0v) is 11.5. The number of thiophene rings is 1. The second kappa shape index (κ2) is 6.27. The van der Waals surface area contributed by atoms with Crippen molar-refractivity contribution < 1.29 is 4.79 Å². The third kappa shape index (κ3) is 3.23. The first-order valence-corrected chi connectivity index (χ1v) is 7.40. The van der Waals surface area contributed by atoms with Gasteiger partial charge in [-0.1, -0.05) is 6.07 Å². The zero-order chi connectivity index (χ0) is 12.1. The highest BCUT2D eigenvalue weighted by Gasteiger charge is 2.23. The van der Waals surface area contributed by atoms with E-state index in [0.29, 0.717) is 0 Å². The molecule has 1 aromatic rings. The largest absolute Gasteiger partial charge is 0.341 e. The topological polar surface area (TPSA) is 46.3 Å². The van der Waals surface area contributed by atoms with Crippen LogP contribution in [0, 0.1) is 0 Å². The molecule has 1 aromatic heterocycles. The maximum absolute atomic E-state index is 12.1. The van der Waals surface area contributed by atoms with Gasteiger partial charge in [-0.05, 0) is 24.6 Å². The van der Waals surface area contributed by atoms with E-state index in [1.165, 1.54) is 11.3 Å². The lowest BCUT2D eigenvalue weighted by Gasteiger charge is -2.26. The third-order valence-corrected chi connectivity index (χ3v) is 4.30. The summed E-state index contributed by atoms with van der Waals surface area (Å²) in [6.07, 6.45) is 2.04. The number of nitrogens with two attached hydrogens (primary N) is 1. The van der Waals surface area contributed by atoms with Gasteiger partial charge in [-0.2, -0.15) is 11.8 Å². The van der Waals surface area contributed by atoms with E-state index in [1.54, 1.807) is 16.7 Å². The molecule has 16 heavy (non-hydrogen) atoms. The molecular formula is C11H18N2OS2. The van der Waals surface area contributed by atoms with Crippen molar-refractivity contribution in [1.82, 2.24) is 4.90 Å². The number of carbonyl (C=O) groups is 1. The van der Waals surface area contributed by atoms with E-state index in [4.69, 9.17) is 5.73 Å². The van der Waals surface area contributed by atoms with Gasteiger partial charge in [0.2, 0.25) is 5.91 Å². The average Bonchev–Trinajstić information content (AvgIpc) is 2.79. The van der Waals surface area contributed by atoms with Crippen LogP contribution in [0.15, 0.2) is 17.5 Å². The first-order valence-electron chi connectivity index (χ1n) is 5.12. The predicted molar refractivity (Wildman–Crippen MR) is 71.9 cm³/mol. The van der Waals surface area contributed by atoms with Crippen molar-refractivity contribution in [3.8, 4) is 0 Å². The van der Waals surface area contributed by atoms with E-state index in [0.717, 1.165) is 10.6 Å². The Morgan fingerprint density at radius 2 is 2.38 bits per heavy atom. The highest BCUT2D eigenvalue weighted by molar-refractivity contribution is 7.98. The van der Waals surface area contributed by atoms with E-state index in [2.05, 4.69) is 0 Å². The molecule has 2 N–H and O–H groups in total. The minimum Gasteiger partial charge on any atom is -0.341 e. The Bertz CT molecular complexity index is 327. The maximum atomic E-state index is 12.1. The summed E-state index contributed by atoms with van der Waals surface area (Å²) in [5, 5.41) is 1.94. The lowest BCUT2D eigenvalue weighted by molar-refractivity contribution is -0.132. The van der Waals surface area contributed by atoms with Crippen LogP contribution in [0.2, 0.25) is 0 Å². The highest BCUT2D eigenvalue weighted by Crippen LogP contribution is 2.19. The fraction of sp³-hybridized carbons (Fsp3) is 0.545. The molecule has 0 aromatic carbocycles. The molecule has 5 heteroatoms. The predicted octanol–water partition coefficient (Wildman–Crippen LogP) is 1.96. The summed E-state index contributed by atoms with van der Waals surface area (Å²) in [7, 11) is 1.82. The van der Waals surface area contributed by atoms with Gasteiger partial charge in [-0.15, -0.1) is 11.3 Å². The lowest BCUT2D eigenvalue weighted by atomic mass is 10.2. The van der Waals surface area contributed by atoms with Crippen molar-refractivity contribution in [3.63, 3.8) is 0 Å². The molecule has 2 unspecified atom stereocenters. The van der Waals surface area contributed by atoms with Crippen molar-refractivity contribution in [2.24, 2.45) is 5.73 Å². The molecule has 0 aliphatic rings. The molecule has 2 atom stereocenters. The minimum absolute atomic E-state index is 0.0102. The van der Waals surface area contributed by atoms with Crippen LogP contribution in [-0.4, -0.2) is 35.9 Å². The summed E-state index contributed by atoms with van der Waals surface area (Å²) in [6, 6.07) is 3.52. The third-order valence-electron chi connectivity index (χ3n) is 2.53. The van der Waals surface area contributed by atoms with Gasteiger partial charge in [-0.3, -0.25) is 4.79 Å². The van der Waals surface area contributed by atoms with Gasteiger partial charge in [-0.25, -0.2) is 0 Å². The Balaban J connectivity index is 2.63. The minimum atomic E-state index is -0.519. The molecule has 0 spiro atoms. The highest BCUT2D eigenvalue weighted by atomic mass is 32.2. The number of amides is 1. The summed E-state index contributed by atoms with van der Waals surface area (Å²) >= 11 is 3.26. The SMILES string of the molecule is CSCC(C)N(C)C(=O)C(N)c1cccs1. The molecule has 3 nitrogen and oxygen atoms in total. The summed E-state index contributed by atoms with van der Waals surface area (Å²) in [5.41, 5.74) is 5.93. The van der Waals surface area contributed by atoms with Crippen molar-refractivity contribution in [2.45, 2.75) is 19.0 Å². The van der Waals surface area contributed by atoms with Crippen LogP contribution < -0.4 is 5.73 Å². The molecule has 90 valence electrons. The number of hydrogen-bond donors (Lipinski definition) is 1. The normalized spacial score (nSPS) is 14.5. The average molecular weight is 258 g/mol. The van der Waals surface area contributed by atoms with Crippen LogP contribution in [0.25, 0.3) is 0 Å². The van der Waals surface area contributed by atoms with Crippen molar-refractivity contribution in [2.75, 3.05) is 19.1 Å². The molecule has 0 bridgehead atoms. The number of nitrogens with zero attached hydrogens (tertiary/aromatic N) is 1. The fourth-order valence-corrected chi connectivity index (χ4v) is 2.80. The van der Waals surface area contributed by atoms with Crippen LogP contribution >= 0.6 is 23.1 Å². The first-order chi connectivity index (χ1) is 7.57. The summed E-state index contributed by atoms with van der Waals surface area (Å²) in [4.78, 5) is 14.7. The van der Waals surface area contributed by atoms with Crippen molar-refractivity contribution in [1.29, 1.82) is 0 Å². The molecule has 1 heterocycles. The van der Waals surface area contributed by atoms with Crippen LogP contribution in [0.4, 0.5) is 0 Å². The van der Waals surface area contributed by atoms with E-state index in [1.807, 2.05) is 37.7 Å². The molecule has 0 saturated heterocycles.